The average molecular weight is 322 g/mol. The molecule has 1 aliphatic heterocycles. The summed E-state index contributed by atoms with van der Waals surface area (Å²) in [6.07, 6.45) is 1.62. The minimum atomic E-state index is -2.88. The van der Waals surface area contributed by atoms with Crippen molar-refractivity contribution < 1.29 is 8.42 Å². The third-order valence-corrected chi connectivity index (χ3v) is 5.95. The van der Waals surface area contributed by atoms with Crippen molar-refractivity contribution in [2.24, 2.45) is 0 Å². The molecule has 1 N–H and O–H groups in total. The third kappa shape index (κ3) is 4.09. The van der Waals surface area contributed by atoms with Crippen LogP contribution in [0.25, 0.3) is 0 Å². The maximum Gasteiger partial charge on any atom is 0.151 e. The van der Waals surface area contributed by atoms with Crippen molar-refractivity contribution >= 4 is 33.0 Å². The van der Waals surface area contributed by atoms with Crippen LogP contribution < -0.4 is 5.32 Å². The van der Waals surface area contributed by atoms with E-state index >= 15 is 0 Å². The van der Waals surface area contributed by atoms with Gasteiger partial charge in [-0.2, -0.15) is 0 Å². The van der Waals surface area contributed by atoms with E-state index in [1.807, 2.05) is 19.1 Å². The van der Waals surface area contributed by atoms with Gasteiger partial charge in [-0.1, -0.05) is 29.3 Å². The van der Waals surface area contributed by atoms with Crippen LogP contribution in [-0.4, -0.2) is 26.0 Å². The zero-order chi connectivity index (χ0) is 14.0. The summed E-state index contributed by atoms with van der Waals surface area (Å²) in [6.45, 7) is 2.00. The monoisotopic (exact) mass is 321 g/mol. The second-order valence-electron chi connectivity index (χ2n) is 5.02. The molecule has 0 spiro atoms. The minimum Gasteiger partial charge on any atom is -0.306 e. The van der Waals surface area contributed by atoms with E-state index in [1.54, 1.807) is 6.07 Å². The molecule has 0 amide bonds. The van der Waals surface area contributed by atoms with Crippen LogP contribution >= 0.6 is 23.2 Å². The Balaban J connectivity index is 2.04. The van der Waals surface area contributed by atoms with Crippen molar-refractivity contribution in [3.05, 3.63) is 33.8 Å². The Kier molecular flexibility index (Phi) is 4.77. The molecule has 0 bridgehead atoms. The van der Waals surface area contributed by atoms with E-state index in [9.17, 15) is 8.42 Å². The molecule has 3 nitrogen and oxygen atoms in total. The molecule has 6 heteroatoms. The van der Waals surface area contributed by atoms with Gasteiger partial charge < -0.3 is 5.32 Å². The normalized spacial score (nSPS) is 24.1. The van der Waals surface area contributed by atoms with Gasteiger partial charge in [0.1, 0.15) is 0 Å². The molecule has 106 valence electrons. The zero-order valence-electron chi connectivity index (χ0n) is 10.7. The van der Waals surface area contributed by atoms with Gasteiger partial charge >= 0.3 is 0 Å². The van der Waals surface area contributed by atoms with E-state index in [-0.39, 0.29) is 17.8 Å². The number of halogens is 2. The molecule has 0 radical (unpaired) electrons. The van der Waals surface area contributed by atoms with Gasteiger partial charge in [-0.15, -0.1) is 0 Å². The van der Waals surface area contributed by atoms with Crippen molar-refractivity contribution in [3.8, 4) is 0 Å². The van der Waals surface area contributed by atoms with E-state index in [0.29, 0.717) is 15.8 Å². The third-order valence-electron chi connectivity index (χ3n) is 3.39. The summed E-state index contributed by atoms with van der Waals surface area (Å²) in [7, 11) is -2.88. The molecule has 1 aromatic carbocycles. The Labute approximate surface area is 124 Å². The molecule has 0 saturated carbocycles. The maximum atomic E-state index is 11.6. The van der Waals surface area contributed by atoms with Crippen molar-refractivity contribution in [2.75, 3.05) is 11.5 Å². The second-order valence-corrected chi connectivity index (χ2v) is 8.06. The summed E-state index contributed by atoms with van der Waals surface area (Å²) in [6, 6.07) is 5.55. The largest absolute Gasteiger partial charge is 0.306 e. The van der Waals surface area contributed by atoms with Crippen LogP contribution in [-0.2, 0) is 9.84 Å². The number of rotatable bonds is 3. The predicted molar refractivity (Wildman–Crippen MR) is 79.7 cm³/mol. The maximum absolute atomic E-state index is 11.6. The predicted octanol–water partition coefficient (Wildman–Crippen LogP) is 3.22. The first-order chi connectivity index (χ1) is 8.87. The van der Waals surface area contributed by atoms with Crippen LogP contribution in [0.3, 0.4) is 0 Å². The Morgan fingerprint density at radius 2 is 2.05 bits per heavy atom. The highest BCUT2D eigenvalue weighted by atomic mass is 35.5. The molecular weight excluding hydrogens is 305 g/mol. The topological polar surface area (TPSA) is 46.2 Å². The summed E-state index contributed by atoms with van der Waals surface area (Å²) in [5.74, 6) is 0.533. The Bertz CT molecular complexity index is 560. The first kappa shape index (κ1) is 15.1. The Morgan fingerprint density at radius 1 is 1.32 bits per heavy atom. The van der Waals surface area contributed by atoms with Gasteiger partial charge in [-0.25, -0.2) is 8.42 Å². The number of benzene rings is 1. The molecule has 1 heterocycles. The molecule has 1 aliphatic rings. The van der Waals surface area contributed by atoms with E-state index in [4.69, 9.17) is 23.2 Å². The lowest BCUT2D eigenvalue weighted by Crippen LogP contribution is -2.41. The molecule has 0 aromatic heterocycles. The van der Waals surface area contributed by atoms with Gasteiger partial charge in [-0.3, -0.25) is 0 Å². The quantitative estimate of drug-likeness (QED) is 0.929. The lowest BCUT2D eigenvalue weighted by Gasteiger charge is -2.27. The van der Waals surface area contributed by atoms with E-state index in [1.165, 1.54) is 0 Å². The van der Waals surface area contributed by atoms with Crippen LogP contribution in [0, 0.1) is 0 Å². The van der Waals surface area contributed by atoms with Crippen molar-refractivity contribution in [3.63, 3.8) is 0 Å². The lowest BCUT2D eigenvalue weighted by molar-refractivity contribution is 0.437. The number of hydrogen-bond donors (Lipinski definition) is 1. The number of sulfone groups is 1. The van der Waals surface area contributed by atoms with Gasteiger partial charge in [-0.05, 0) is 37.5 Å². The van der Waals surface area contributed by atoms with Crippen LogP contribution in [0.1, 0.15) is 31.4 Å². The molecule has 2 unspecified atom stereocenters. The van der Waals surface area contributed by atoms with Crippen LogP contribution in [0.5, 0.6) is 0 Å². The fraction of sp³-hybridized carbons (Fsp3) is 0.538. The summed E-state index contributed by atoms with van der Waals surface area (Å²) in [5.41, 5.74) is 1.01. The fourth-order valence-corrected chi connectivity index (χ4v) is 4.34. The molecule has 0 aliphatic carbocycles. The lowest BCUT2D eigenvalue weighted by atomic mass is 10.1. The molecule has 1 fully saturated rings. The summed E-state index contributed by atoms with van der Waals surface area (Å²) < 4.78 is 23.2. The minimum absolute atomic E-state index is 0.0169. The molecular formula is C13H17Cl2NO2S. The number of nitrogens with one attached hydrogen (secondary N) is 1. The Hall–Kier alpha value is -0.290. The highest BCUT2D eigenvalue weighted by molar-refractivity contribution is 7.91. The highest BCUT2D eigenvalue weighted by Gasteiger charge is 2.25. The zero-order valence-corrected chi connectivity index (χ0v) is 13.0. The highest BCUT2D eigenvalue weighted by Crippen LogP contribution is 2.26. The molecule has 2 rings (SSSR count). The van der Waals surface area contributed by atoms with Gasteiger partial charge in [0.2, 0.25) is 0 Å². The standard InChI is InChI=1S/C13H17Cl2NO2S/c1-9(10-4-5-12(14)13(15)7-10)16-11-3-2-6-19(17,18)8-11/h4-5,7,9,11,16H,2-3,6,8H2,1H3. The molecule has 1 saturated heterocycles. The van der Waals surface area contributed by atoms with Crippen LogP contribution in [0.15, 0.2) is 18.2 Å². The van der Waals surface area contributed by atoms with Crippen LogP contribution in [0.2, 0.25) is 10.0 Å². The van der Waals surface area contributed by atoms with Crippen molar-refractivity contribution in [2.45, 2.75) is 31.8 Å². The van der Waals surface area contributed by atoms with Crippen LogP contribution in [0.4, 0.5) is 0 Å². The smallest absolute Gasteiger partial charge is 0.151 e. The Morgan fingerprint density at radius 3 is 2.68 bits per heavy atom. The summed E-state index contributed by atoms with van der Waals surface area (Å²) in [4.78, 5) is 0. The van der Waals surface area contributed by atoms with Gasteiger partial charge in [0, 0.05) is 12.1 Å². The molecule has 2 atom stereocenters. The van der Waals surface area contributed by atoms with E-state index in [0.717, 1.165) is 18.4 Å². The fourth-order valence-electron chi connectivity index (χ4n) is 2.39. The summed E-state index contributed by atoms with van der Waals surface area (Å²) >= 11 is 11.9. The number of hydrogen-bond acceptors (Lipinski definition) is 3. The summed E-state index contributed by atoms with van der Waals surface area (Å²) in [5, 5.41) is 4.40. The van der Waals surface area contributed by atoms with E-state index < -0.39 is 9.84 Å². The van der Waals surface area contributed by atoms with Gasteiger partial charge in [0.15, 0.2) is 9.84 Å². The SMILES string of the molecule is CC(NC1CCCS(=O)(=O)C1)c1ccc(Cl)c(Cl)c1. The van der Waals surface area contributed by atoms with Crippen molar-refractivity contribution in [1.82, 2.24) is 5.32 Å². The first-order valence-electron chi connectivity index (χ1n) is 6.29. The average Bonchev–Trinajstić information content (AvgIpc) is 2.31. The van der Waals surface area contributed by atoms with Crippen molar-refractivity contribution in [1.29, 1.82) is 0 Å². The van der Waals surface area contributed by atoms with E-state index in [2.05, 4.69) is 5.32 Å². The molecule has 1 aromatic rings. The first-order valence-corrected chi connectivity index (χ1v) is 8.86. The second kappa shape index (κ2) is 6.00. The molecule has 19 heavy (non-hydrogen) atoms. The van der Waals surface area contributed by atoms with Gasteiger partial charge in [0.25, 0.3) is 0 Å². The van der Waals surface area contributed by atoms with Gasteiger partial charge in [0.05, 0.1) is 21.6 Å².